The molecule has 0 bridgehead atoms. The molecule has 1 saturated heterocycles. The van der Waals surface area contributed by atoms with Gasteiger partial charge >= 0.3 is 0 Å². The summed E-state index contributed by atoms with van der Waals surface area (Å²) in [4.78, 5) is 6.44. The maximum atomic E-state index is 9.01. The summed E-state index contributed by atoms with van der Waals surface area (Å²) in [6.45, 7) is 2.69. The van der Waals surface area contributed by atoms with Gasteiger partial charge in [0.05, 0.1) is 23.1 Å². The van der Waals surface area contributed by atoms with Crippen LogP contribution in [0.4, 0.5) is 0 Å². The molecule has 25 heavy (non-hydrogen) atoms. The second-order valence-corrected chi connectivity index (χ2v) is 6.22. The second-order valence-electron chi connectivity index (χ2n) is 6.22. The van der Waals surface area contributed by atoms with Gasteiger partial charge in [0, 0.05) is 25.5 Å². The summed E-state index contributed by atoms with van der Waals surface area (Å²) in [7, 11) is 0. The standard InChI is InChI=1S/C19H17N5O/c20-10-14-3-1-4-15(9-14)12-24-8-6-17(13-24)19-23-22-18(25-19)16-5-2-7-21-11-16/h1-5,7,9,11,17H,6,8,12-13H2/t17-/m0/s1. The molecule has 124 valence electrons. The summed E-state index contributed by atoms with van der Waals surface area (Å²) >= 11 is 0. The second kappa shape index (κ2) is 6.83. The highest BCUT2D eigenvalue weighted by molar-refractivity contribution is 5.50. The highest BCUT2D eigenvalue weighted by Crippen LogP contribution is 2.29. The minimum atomic E-state index is 0.247. The number of pyridine rings is 1. The summed E-state index contributed by atoms with van der Waals surface area (Å²) in [5.74, 6) is 1.45. The average Bonchev–Trinajstić information content (AvgIpc) is 3.32. The van der Waals surface area contributed by atoms with Gasteiger partial charge < -0.3 is 4.42 Å². The predicted molar refractivity (Wildman–Crippen MR) is 91.3 cm³/mol. The Bertz CT molecular complexity index is 899. The van der Waals surface area contributed by atoms with E-state index in [0.29, 0.717) is 17.3 Å². The first-order valence-electron chi connectivity index (χ1n) is 8.27. The first-order valence-corrected chi connectivity index (χ1v) is 8.27. The van der Waals surface area contributed by atoms with Crippen molar-refractivity contribution in [1.29, 1.82) is 5.26 Å². The molecule has 1 aromatic carbocycles. The monoisotopic (exact) mass is 331 g/mol. The summed E-state index contributed by atoms with van der Waals surface area (Å²) in [5, 5.41) is 17.4. The van der Waals surface area contributed by atoms with Crippen LogP contribution in [0.1, 0.15) is 29.4 Å². The van der Waals surface area contributed by atoms with Gasteiger partial charge in [0.25, 0.3) is 0 Å². The molecule has 0 unspecified atom stereocenters. The first-order chi connectivity index (χ1) is 12.3. The Hall–Kier alpha value is -3.04. The van der Waals surface area contributed by atoms with Gasteiger partial charge in [-0.2, -0.15) is 5.26 Å². The van der Waals surface area contributed by atoms with Crippen molar-refractivity contribution in [3.63, 3.8) is 0 Å². The molecule has 1 aliphatic heterocycles. The van der Waals surface area contributed by atoms with Crippen LogP contribution in [0.25, 0.3) is 11.5 Å². The zero-order valence-corrected chi connectivity index (χ0v) is 13.7. The van der Waals surface area contributed by atoms with Crippen molar-refractivity contribution in [1.82, 2.24) is 20.1 Å². The van der Waals surface area contributed by atoms with Crippen LogP contribution in [0.3, 0.4) is 0 Å². The molecule has 0 N–H and O–H groups in total. The number of hydrogen-bond acceptors (Lipinski definition) is 6. The Labute approximate surface area is 145 Å². The lowest BCUT2D eigenvalue weighted by Gasteiger charge is -2.15. The van der Waals surface area contributed by atoms with Crippen LogP contribution < -0.4 is 0 Å². The number of hydrogen-bond donors (Lipinski definition) is 0. The number of nitriles is 1. The summed E-state index contributed by atoms with van der Waals surface area (Å²) in [6.07, 6.45) is 4.43. The number of likely N-dealkylation sites (tertiary alicyclic amines) is 1. The lowest BCUT2D eigenvalue weighted by atomic mass is 10.1. The van der Waals surface area contributed by atoms with Crippen molar-refractivity contribution in [3.05, 3.63) is 65.8 Å². The Morgan fingerprint density at radius 1 is 1.24 bits per heavy atom. The van der Waals surface area contributed by atoms with Crippen LogP contribution in [0, 0.1) is 11.3 Å². The fraction of sp³-hybridized carbons (Fsp3) is 0.263. The van der Waals surface area contributed by atoms with Crippen molar-refractivity contribution in [2.75, 3.05) is 13.1 Å². The maximum Gasteiger partial charge on any atom is 0.249 e. The van der Waals surface area contributed by atoms with Crippen LogP contribution in [0.15, 0.2) is 53.2 Å². The van der Waals surface area contributed by atoms with Crippen LogP contribution >= 0.6 is 0 Å². The van der Waals surface area contributed by atoms with Crippen molar-refractivity contribution in [2.45, 2.75) is 18.9 Å². The van der Waals surface area contributed by atoms with Gasteiger partial charge in [-0.1, -0.05) is 12.1 Å². The Morgan fingerprint density at radius 2 is 2.20 bits per heavy atom. The van der Waals surface area contributed by atoms with E-state index in [1.807, 2.05) is 30.3 Å². The van der Waals surface area contributed by atoms with E-state index < -0.39 is 0 Å². The van der Waals surface area contributed by atoms with Gasteiger partial charge in [-0.05, 0) is 42.8 Å². The lowest BCUT2D eigenvalue weighted by Crippen LogP contribution is -2.19. The molecule has 6 nitrogen and oxygen atoms in total. The number of rotatable bonds is 4. The van der Waals surface area contributed by atoms with Gasteiger partial charge in [0.2, 0.25) is 11.8 Å². The smallest absolute Gasteiger partial charge is 0.249 e. The Kier molecular flexibility index (Phi) is 4.23. The summed E-state index contributed by atoms with van der Waals surface area (Å²) in [6, 6.07) is 13.7. The van der Waals surface area contributed by atoms with Gasteiger partial charge in [-0.25, -0.2) is 0 Å². The molecule has 0 aliphatic carbocycles. The van der Waals surface area contributed by atoms with E-state index in [1.54, 1.807) is 12.4 Å². The molecule has 0 radical (unpaired) electrons. The largest absolute Gasteiger partial charge is 0.420 e. The van der Waals surface area contributed by atoms with Crippen molar-refractivity contribution < 1.29 is 4.42 Å². The molecule has 3 aromatic rings. The first kappa shape index (κ1) is 15.5. The molecule has 0 saturated carbocycles. The molecule has 6 heteroatoms. The Balaban J connectivity index is 1.42. The number of aromatic nitrogens is 3. The fourth-order valence-electron chi connectivity index (χ4n) is 3.18. The highest BCUT2D eigenvalue weighted by atomic mass is 16.4. The number of nitrogens with zero attached hydrogens (tertiary/aromatic N) is 5. The molecule has 1 atom stereocenters. The van der Waals surface area contributed by atoms with Gasteiger partial charge in [0.15, 0.2) is 0 Å². The van der Waals surface area contributed by atoms with E-state index in [-0.39, 0.29) is 5.92 Å². The SMILES string of the molecule is N#Cc1cccc(CN2CC[C@H](c3nnc(-c4cccnc4)o3)C2)c1. The average molecular weight is 331 g/mol. The zero-order valence-electron chi connectivity index (χ0n) is 13.7. The van der Waals surface area contributed by atoms with Crippen LogP contribution in [-0.4, -0.2) is 33.2 Å². The molecule has 1 fully saturated rings. The molecule has 1 aliphatic rings. The fourth-order valence-corrected chi connectivity index (χ4v) is 3.18. The lowest BCUT2D eigenvalue weighted by molar-refractivity contribution is 0.320. The van der Waals surface area contributed by atoms with E-state index in [0.717, 1.165) is 37.2 Å². The summed E-state index contributed by atoms with van der Waals surface area (Å²) < 4.78 is 5.86. The highest BCUT2D eigenvalue weighted by Gasteiger charge is 2.28. The predicted octanol–water partition coefficient (Wildman–Crippen LogP) is 2.99. The molecular formula is C19H17N5O. The normalized spacial score (nSPS) is 17.5. The third-order valence-corrected chi connectivity index (χ3v) is 4.43. The van der Waals surface area contributed by atoms with Gasteiger partial charge in [-0.15, -0.1) is 10.2 Å². The molecule has 2 aromatic heterocycles. The van der Waals surface area contributed by atoms with Crippen LogP contribution in [0.2, 0.25) is 0 Å². The minimum absolute atomic E-state index is 0.247. The molecule has 0 amide bonds. The molecular weight excluding hydrogens is 314 g/mol. The molecule has 4 rings (SSSR count). The van der Waals surface area contributed by atoms with E-state index in [1.165, 1.54) is 0 Å². The third-order valence-electron chi connectivity index (χ3n) is 4.43. The van der Waals surface area contributed by atoms with Crippen molar-refractivity contribution in [3.8, 4) is 17.5 Å². The topological polar surface area (TPSA) is 78.8 Å². The van der Waals surface area contributed by atoms with Crippen LogP contribution in [-0.2, 0) is 6.54 Å². The van der Waals surface area contributed by atoms with Crippen molar-refractivity contribution in [2.24, 2.45) is 0 Å². The van der Waals surface area contributed by atoms with E-state index in [9.17, 15) is 0 Å². The van der Waals surface area contributed by atoms with Crippen LogP contribution in [0.5, 0.6) is 0 Å². The van der Waals surface area contributed by atoms with E-state index >= 15 is 0 Å². The molecule has 0 spiro atoms. The minimum Gasteiger partial charge on any atom is -0.420 e. The Morgan fingerprint density at radius 3 is 3.04 bits per heavy atom. The molecule has 3 heterocycles. The van der Waals surface area contributed by atoms with Gasteiger partial charge in [0.1, 0.15) is 0 Å². The number of benzene rings is 1. The van der Waals surface area contributed by atoms with E-state index in [2.05, 4.69) is 32.2 Å². The quantitative estimate of drug-likeness (QED) is 0.731. The third kappa shape index (κ3) is 3.42. The van der Waals surface area contributed by atoms with Gasteiger partial charge in [-0.3, -0.25) is 9.88 Å². The summed E-state index contributed by atoms with van der Waals surface area (Å²) in [5.41, 5.74) is 2.69. The zero-order chi connectivity index (χ0) is 17.1. The van der Waals surface area contributed by atoms with E-state index in [4.69, 9.17) is 9.68 Å². The van der Waals surface area contributed by atoms with Crippen molar-refractivity contribution >= 4 is 0 Å². The maximum absolute atomic E-state index is 9.01.